The second kappa shape index (κ2) is 6.31. The van der Waals surface area contributed by atoms with E-state index in [-0.39, 0.29) is 17.0 Å². The van der Waals surface area contributed by atoms with Crippen molar-refractivity contribution >= 4 is 39.2 Å². The van der Waals surface area contributed by atoms with Gasteiger partial charge in [0.05, 0.1) is 9.85 Å². The lowest BCUT2D eigenvalue weighted by molar-refractivity contribution is -0.392. The molecule has 0 aliphatic carbocycles. The van der Waals surface area contributed by atoms with Gasteiger partial charge < -0.3 is 5.11 Å². The standard InChI is InChI=1S/C13H8BrN3O5/c14-9-4-5-12(18)8(6-9)7-15-13-10(16(19)20)2-1-3-11(13)17(21)22/h1-7,18H. The molecule has 112 valence electrons. The molecule has 1 N–H and O–H groups in total. The van der Waals surface area contributed by atoms with Crippen LogP contribution >= 0.6 is 15.9 Å². The summed E-state index contributed by atoms with van der Waals surface area (Å²) in [5, 5.41) is 31.7. The number of hydrogen-bond donors (Lipinski definition) is 1. The van der Waals surface area contributed by atoms with Crippen LogP contribution in [0.1, 0.15) is 5.56 Å². The van der Waals surface area contributed by atoms with Crippen LogP contribution < -0.4 is 0 Å². The van der Waals surface area contributed by atoms with Crippen molar-refractivity contribution in [1.29, 1.82) is 0 Å². The summed E-state index contributed by atoms with van der Waals surface area (Å²) in [6.07, 6.45) is 1.13. The first-order chi connectivity index (χ1) is 10.4. The van der Waals surface area contributed by atoms with Gasteiger partial charge in [-0.3, -0.25) is 20.2 Å². The molecule has 0 aromatic heterocycles. The van der Waals surface area contributed by atoms with Gasteiger partial charge in [0.2, 0.25) is 5.69 Å². The van der Waals surface area contributed by atoms with Crippen molar-refractivity contribution in [3.63, 3.8) is 0 Å². The molecule has 0 fully saturated rings. The van der Waals surface area contributed by atoms with Crippen LogP contribution in [0.5, 0.6) is 5.75 Å². The van der Waals surface area contributed by atoms with Gasteiger partial charge in [0.1, 0.15) is 5.75 Å². The van der Waals surface area contributed by atoms with Crippen LogP contribution in [0.15, 0.2) is 45.9 Å². The van der Waals surface area contributed by atoms with Crippen LogP contribution in [0.3, 0.4) is 0 Å². The fourth-order valence-electron chi connectivity index (χ4n) is 1.71. The first kappa shape index (κ1) is 15.6. The summed E-state index contributed by atoms with van der Waals surface area (Å²) >= 11 is 3.21. The maximum Gasteiger partial charge on any atom is 0.301 e. The van der Waals surface area contributed by atoms with Crippen LogP contribution in [0, 0.1) is 20.2 Å². The third kappa shape index (κ3) is 3.26. The van der Waals surface area contributed by atoms with Crippen LogP contribution in [0.25, 0.3) is 0 Å². The van der Waals surface area contributed by atoms with Gasteiger partial charge in [-0.1, -0.05) is 15.9 Å². The van der Waals surface area contributed by atoms with Gasteiger partial charge in [0, 0.05) is 28.4 Å². The van der Waals surface area contributed by atoms with E-state index in [1.54, 1.807) is 6.07 Å². The summed E-state index contributed by atoms with van der Waals surface area (Å²) in [5.41, 5.74) is -1.08. The molecule has 9 heteroatoms. The topological polar surface area (TPSA) is 119 Å². The molecule has 0 radical (unpaired) electrons. The van der Waals surface area contributed by atoms with E-state index in [0.717, 1.165) is 18.3 Å². The first-order valence-electron chi connectivity index (χ1n) is 5.84. The number of aromatic hydroxyl groups is 1. The van der Waals surface area contributed by atoms with Gasteiger partial charge in [0.15, 0.2) is 0 Å². The quantitative estimate of drug-likeness (QED) is 0.502. The van der Waals surface area contributed by atoms with Crippen molar-refractivity contribution in [1.82, 2.24) is 0 Å². The normalized spacial score (nSPS) is 10.8. The highest BCUT2D eigenvalue weighted by atomic mass is 79.9. The Hall–Kier alpha value is -2.81. The van der Waals surface area contributed by atoms with E-state index in [9.17, 15) is 25.3 Å². The molecule has 22 heavy (non-hydrogen) atoms. The largest absolute Gasteiger partial charge is 0.507 e. The van der Waals surface area contributed by atoms with Gasteiger partial charge in [-0.05, 0) is 24.3 Å². The van der Waals surface area contributed by atoms with Crippen LogP contribution in [-0.2, 0) is 0 Å². The third-order valence-electron chi connectivity index (χ3n) is 2.71. The highest BCUT2D eigenvalue weighted by molar-refractivity contribution is 9.10. The molecule has 8 nitrogen and oxygen atoms in total. The fraction of sp³-hybridized carbons (Fsp3) is 0. The minimum absolute atomic E-state index is 0.104. The molecule has 0 amide bonds. The van der Waals surface area contributed by atoms with Crippen LogP contribution in [0.4, 0.5) is 17.1 Å². The molecule has 0 heterocycles. The van der Waals surface area contributed by atoms with Gasteiger partial charge in [-0.2, -0.15) is 0 Å². The number of nitro groups is 2. The lowest BCUT2D eigenvalue weighted by atomic mass is 10.2. The molecule has 0 unspecified atom stereocenters. The number of rotatable bonds is 4. The second-order valence-corrected chi connectivity index (χ2v) is 5.04. The summed E-state index contributed by atoms with van der Waals surface area (Å²) in [5.74, 6) is -0.104. The zero-order valence-corrected chi connectivity index (χ0v) is 12.4. The van der Waals surface area contributed by atoms with Crippen LogP contribution in [-0.4, -0.2) is 21.2 Å². The molecule has 2 aromatic carbocycles. The van der Waals surface area contributed by atoms with E-state index in [0.29, 0.717) is 4.47 Å². The third-order valence-corrected chi connectivity index (χ3v) is 3.20. The average molecular weight is 366 g/mol. The Morgan fingerprint density at radius 1 is 1.09 bits per heavy atom. The Labute approximate surface area is 132 Å². The maximum atomic E-state index is 11.0. The van der Waals surface area contributed by atoms with E-state index in [4.69, 9.17) is 0 Å². The molecule has 0 bridgehead atoms. The maximum absolute atomic E-state index is 11.0. The summed E-state index contributed by atoms with van der Waals surface area (Å²) in [6.45, 7) is 0. The monoisotopic (exact) mass is 365 g/mol. The van der Waals surface area contributed by atoms with Crippen molar-refractivity contribution in [2.45, 2.75) is 0 Å². The number of phenolic OH excluding ortho intramolecular Hbond substituents is 1. The number of nitro benzene ring substituents is 2. The molecule has 0 saturated carbocycles. The van der Waals surface area contributed by atoms with Crippen molar-refractivity contribution in [3.8, 4) is 5.75 Å². The summed E-state index contributed by atoms with van der Waals surface area (Å²) in [6, 6.07) is 7.99. The zero-order valence-electron chi connectivity index (χ0n) is 10.8. The SMILES string of the molecule is O=[N+]([O-])c1cccc([N+](=O)[O-])c1N=Cc1cc(Br)ccc1O. The summed E-state index contributed by atoms with van der Waals surface area (Å²) in [4.78, 5) is 24.3. The zero-order chi connectivity index (χ0) is 16.3. The van der Waals surface area contributed by atoms with Crippen molar-refractivity contribution in [2.24, 2.45) is 4.99 Å². The molecule has 0 atom stereocenters. The number of benzene rings is 2. The summed E-state index contributed by atoms with van der Waals surface area (Å²) < 4.78 is 0.656. The predicted molar refractivity (Wildman–Crippen MR) is 82.8 cm³/mol. The Kier molecular flexibility index (Phi) is 4.47. The lowest BCUT2D eigenvalue weighted by Crippen LogP contribution is -1.94. The van der Waals surface area contributed by atoms with Crippen molar-refractivity contribution in [2.75, 3.05) is 0 Å². The molecule has 0 aliphatic rings. The van der Waals surface area contributed by atoms with E-state index in [2.05, 4.69) is 20.9 Å². The van der Waals surface area contributed by atoms with Crippen LogP contribution in [0.2, 0.25) is 0 Å². The van der Waals surface area contributed by atoms with Gasteiger partial charge >= 0.3 is 11.4 Å². The number of aliphatic imine (C=N–C) groups is 1. The van der Waals surface area contributed by atoms with E-state index >= 15 is 0 Å². The predicted octanol–water partition coefficient (Wildman–Crippen LogP) is 3.72. The molecule has 0 saturated heterocycles. The molecule has 0 aliphatic heterocycles. The Morgan fingerprint density at radius 2 is 1.68 bits per heavy atom. The number of para-hydroxylation sites is 1. The van der Waals surface area contributed by atoms with Crippen molar-refractivity contribution in [3.05, 3.63) is 66.7 Å². The van der Waals surface area contributed by atoms with Crippen molar-refractivity contribution < 1.29 is 15.0 Å². The van der Waals surface area contributed by atoms with E-state index < -0.39 is 21.2 Å². The first-order valence-corrected chi connectivity index (χ1v) is 6.64. The van der Waals surface area contributed by atoms with Gasteiger partial charge in [-0.25, -0.2) is 4.99 Å². The molecule has 2 aromatic rings. The fourth-order valence-corrected chi connectivity index (χ4v) is 2.09. The van der Waals surface area contributed by atoms with E-state index in [1.165, 1.54) is 18.2 Å². The average Bonchev–Trinajstić information content (AvgIpc) is 2.47. The highest BCUT2D eigenvalue weighted by Crippen LogP contribution is 2.36. The molecule has 0 spiro atoms. The Morgan fingerprint density at radius 3 is 2.23 bits per heavy atom. The Bertz CT molecular complexity index is 759. The number of hydrogen-bond acceptors (Lipinski definition) is 6. The number of halogens is 1. The second-order valence-electron chi connectivity index (χ2n) is 4.12. The Balaban J connectivity index is 2.56. The molecular weight excluding hydrogens is 358 g/mol. The minimum Gasteiger partial charge on any atom is -0.507 e. The number of nitrogens with zero attached hydrogens (tertiary/aromatic N) is 3. The smallest absolute Gasteiger partial charge is 0.301 e. The van der Waals surface area contributed by atoms with Gasteiger partial charge in [0.25, 0.3) is 0 Å². The molecular formula is C13H8BrN3O5. The lowest BCUT2D eigenvalue weighted by Gasteiger charge is -2.01. The minimum atomic E-state index is -0.750. The number of phenols is 1. The van der Waals surface area contributed by atoms with E-state index in [1.807, 2.05) is 0 Å². The summed E-state index contributed by atoms with van der Waals surface area (Å²) in [7, 11) is 0. The van der Waals surface area contributed by atoms with Gasteiger partial charge in [-0.15, -0.1) is 0 Å². The highest BCUT2D eigenvalue weighted by Gasteiger charge is 2.23. The molecule has 2 rings (SSSR count).